The van der Waals surface area contributed by atoms with Crippen LogP contribution in [0.1, 0.15) is 11.1 Å². The lowest BCUT2D eigenvalue weighted by Crippen LogP contribution is -1.88. The topological polar surface area (TPSA) is 0 Å². The van der Waals surface area contributed by atoms with E-state index in [4.69, 9.17) is 0 Å². The Bertz CT molecular complexity index is 480. The van der Waals surface area contributed by atoms with E-state index in [2.05, 4.69) is 63.7 Å². The van der Waals surface area contributed by atoms with Gasteiger partial charge in [0.25, 0.3) is 0 Å². The lowest BCUT2D eigenvalue weighted by atomic mass is 10.2. The first-order valence-electron chi connectivity index (χ1n) is 5.48. The van der Waals surface area contributed by atoms with Gasteiger partial charge >= 0.3 is 0 Å². The predicted molar refractivity (Wildman–Crippen MR) is 93.2 cm³/mol. The van der Waals surface area contributed by atoms with Crippen molar-refractivity contribution in [2.75, 3.05) is 0 Å². The molecule has 2 aromatic carbocycles. The monoisotopic (exact) mass is 532 g/mol. The summed E-state index contributed by atoms with van der Waals surface area (Å²) in [5.41, 5.74) is 1.70. The van der Waals surface area contributed by atoms with E-state index >= 15 is 0 Å². The summed E-state index contributed by atoms with van der Waals surface area (Å²) < 4.78 is 27.3. The normalized spacial score (nSPS) is 9.95. The van der Waals surface area contributed by atoms with Gasteiger partial charge in [0.1, 0.15) is 6.67 Å². The molecule has 20 heavy (non-hydrogen) atoms. The fourth-order valence-electron chi connectivity index (χ4n) is 1.28. The molecule has 0 fully saturated rings. The van der Waals surface area contributed by atoms with E-state index < -0.39 is 0 Å². The van der Waals surface area contributed by atoms with E-state index in [1.807, 2.05) is 25.1 Å². The largest absolute Gasteiger partial charge is 0.246 e. The molecule has 2 aromatic rings. The van der Waals surface area contributed by atoms with E-state index in [0.29, 0.717) is 8.95 Å². The van der Waals surface area contributed by atoms with E-state index in [0.717, 1.165) is 20.1 Å². The fourth-order valence-corrected chi connectivity index (χ4v) is 3.55. The van der Waals surface area contributed by atoms with Crippen molar-refractivity contribution in [1.82, 2.24) is 0 Å². The molecule has 0 spiro atoms. The summed E-state index contributed by atoms with van der Waals surface area (Å²) in [6.07, 6.45) is 0. The van der Waals surface area contributed by atoms with E-state index in [1.165, 1.54) is 0 Å². The minimum absolute atomic E-state index is 0.306. The van der Waals surface area contributed by atoms with Gasteiger partial charge in [-0.1, -0.05) is 30.3 Å². The van der Waals surface area contributed by atoms with Crippen molar-refractivity contribution in [3.05, 3.63) is 65.2 Å². The summed E-state index contributed by atoms with van der Waals surface area (Å²) in [6, 6.07) is 9.06. The number of alkyl halides is 1. The van der Waals surface area contributed by atoms with Crippen LogP contribution < -0.4 is 0 Å². The average Bonchev–Trinajstić information content (AvgIpc) is 2.50. The zero-order chi connectivity index (χ0) is 15.3. The predicted octanol–water partition coefficient (Wildman–Crippen LogP) is 7.34. The number of halogens is 6. The maximum Gasteiger partial charge on any atom is 0.153 e. The van der Waals surface area contributed by atoms with Gasteiger partial charge in [0.15, 0.2) is 5.82 Å². The van der Waals surface area contributed by atoms with Crippen LogP contribution in [-0.2, 0) is 6.67 Å². The zero-order valence-corrected chi connectivity index (χ0v) is 16.7. The van der Waals surface area contributed by atoms with Crippen LogP contribution >= 0.6 is 63.7 Å². The van der Waals surface area contributed by atoms with Gasteiger partial charge < -0.3 is 0 Å². The summed E-state index contributed by atoms with van der Waals surface area (Å²) in [6.45, 7) is 1.53. The third-order valence-corrected chi connectivity index (χ3v) is 6.96. The van der Waals surface area contributed by atoms with Crippen LogP contribution in [0.3, 0.4) is 0 Å². The minimum atomic E-state index is -0.360. The van der Waals surface area contributed by atoms with Gasteiger partial charge in [0, 0.05) is 8.95 Å². The van der Waals surface area contributed by atoms with E-state index in [-0.39, 0.29) is 12.5 Å². The van der Waals surface area contributed by atoms with Gasteiger partial charge in [-0.05, 0) is 81.8 Å². The third-order valence-electron chi connectivity index (χ3n) is 2.43. The maximum atomic E-state index is 13.3. The Balaban J connectivity index is 0.000000217. The Morgan fingerprint density at radius 3 is 1.65 bits per heavy atom. The molecule has 108 valence electrons. The zero-order valence-electron chi connectivity index (χ0n) is 10.4. The molecule has 6 heteroatoms. The molecule has 0 aliphatic heterocycles. The van der Waals surface area contributed by atoms with Gasteiger partial charge in [-0.25, -0.2) is 8.78 Å². The molecule has 0 nitrogen and oxygen atoms in total. The Hall–Kier alpha value is 0.220. The number of hydrogen-bond acceptors (Lipinski definition) is 0. The first-order valence-corrected chi connectivity index (χ1v) is 8.65. The molecule has 2 rings (SSSR count). The molecule has 0 amide bonds. The lowest BCUT2D eigenvalue weighted by molar-refractivity contribution is 0.485. The van der Waals surface area contributed by atoms with Crippen molar-refractivity contribution in [1.29, 1.82) is 0 Å². The number of benzene rings is 2. The highest BCUT2D eigenvalue weighted by molar-refractivity contribution is 9.14. The molecule has 0 heterocycles. The Morgan fingerprint density at radius 1 is 0.850 bits per heavy atom. The Morgan fingerprint density at radius 2 is 1.30 bits per heavy atom. The van der Waals surface area contributed by atoms with Crippen molar-refractivity contribution in [3.8, 4) is 0 Å². The van der Waals surface area contributed by atoms with Gasteiger partial charge in [0.2, 0.25) is 0 Å². The van der Waals surface area contributed by atoms with Crippen LogP contribution in [0.2, 0.25) is 0 Å². The van der Waals surface area contributed by atoms with Crippen molar-refractivity contribution >= 4 is 63.7 Å². The first-order chi connectivity index (χ1) is 9.40. The van der Waals surface area contributed by atoms with Crippen LogP contribution in [0.4, 0.5) is 8.78 Å². The second-order valence-electron chi connectivity index (χ2n) is 3.81. The molecule has 0 aromatic heterocycles. The van der Waals surface area contributed by atoms with Crippen LogP contribution in [0.15, 0.2) is 48.2 Å². The van der Waals surface area contributed by atoms with Crippen LogP contribution in [0.25, 0.3) is 0 Å². The number of hydrogen-bond donors (Lipinski definition) is 0. The van der Waals surface area contributed by atoms with Gasteiger partial charge in [0.05, 0.1) is 8.95 Å². The van der Waals surface area contributed by atoms with Crippen molar-refractivity contribution in [2.24, 2.45) is 0 Å². The second kappa shape index (κ2) is 8.61. The summed E-state index contributed by atoms with van der Waals surface area (Å²) in [4.78, 5) is 0. The fraction of sp³-hybridized carbons (Fsp3) is 0.143. The molecule has 0 aliphatic carbocycles. The van der Waals surface area contributed by atoms with Crippen LogP contribution in [0.5, 0.6) is 0 Å². The molecule has 0 bridgehead atoms. The molecule has 0 saturated carbocycles. The highest BCUT2D eigenvalue weighted by atomic mass is 79.9. The van der Waals surface area contributed by atoms with Crippen molar-refractivity contribution < 1.29 is 8.78 Å². The smallest absolute Gasteiger partial charge is 0.153 e. The Labute approximate surface area is 150 Å². The average molecular weight is 536 g/mol. The van der Waals surface area contributed by atoms with Gasteiger partial charge in [-0.15, -0.1) is 0 Å². The first kappa shape index (κ1) is 18.3. The van der Waals surface area contributed by atoms with Gasteiger partial charge in [-0.2, -0.15) is 0 Å². The Kier molecular flexibility index (Phi) is 7.87. The second-order valence-corrected chi connectivity index (χ2v) is 6.99. The van der Waals surface area contributed by atoms with Crippen LogP contribution in [0, 0.1) is 12.7 Å². The molecular weight excluding hydrogens is 526 g/mol. The summed E-state index contributed by atoms with van der Waals surface area (Å²) in [5.74, 6) is -0.306. The molecule has 0 saturated heterocycles. The standard InChI is InChI=1S/C7H3Br4F.C7H7F/c1-2-3(8)5(10)7(12)6(11)4(2)9;8-6-7-4-2-1-3-5-7/h1H3;1-5H,6H2. The van der Waals surface area contributed by atoms with E-state index in [9.17, 15) is 8.78 Å². The minimum Gasteiger partial charge on any atom is -0.246 e. The third kappa shape index (κ3) is 4.61. The summed E-state index contributed by atoms with van der Waals surface area (Å²) in [7, 11) is 0. The molecule has 0 N–H and O–H groups in total. The molecule has 0 unspecified atom stereocenters. The van der Waals surface area contributed by atoms with Crippen molar-refractivity contribution in [2.45, 2.75) is 13.6 Å². The molecule has 0 atom stereocenters. The number of rotatable bonds is 1. The quantitative estimate of drug-likeness (QED) is 0.265. The SMILES string of the molecule is Cc1c(Br)c(Br)c(F)c(Br)c1Br.FCc1ccccc1. The highest BCUT2D eigenvalue weighted by Crippen LogP contribution is 2.39. The highest BCUT2D eigenvalue weighted by Gasteiger charge is 2.15. The van der Waals surface area contributed by atoms with Gasteiger partial charge in [-0.3, -0.25) is 0 Å². The molecule has 0 radical (unpaired) electrons. The summed E-state index contributed by atoms with van der Waals surface area (Å²) >= 11 is 12.8. The lowest BCUT2D eigenvalue weighted by Gasteiger charge is -2.07. The maximum absolute atomic E-state index is 13.3. The molecular formula is C14H10Br4F2. The van der Waals surface area contributed by atoms with E-state index in [1.54, 1.807) is 12.1 Å². The van der Waals surface area contributed by atoms with Crippen molar-refractivity contribution in [3.63, 3.8) is 0 Å². The summed E-state index contributed by atoms with van der Waals surface area (Å²) in [5, 5.41) is 0. The molecule has 0 aliphatic rings. The van der Waals surface area contributed by atoms with Crippen LogP contribution in [-0.4, -0.2) is 0 Å².